The van der Waals surface area contributed by atoms with Crippen LogP contribution in [0.4, 0.5) is 5.00 Å². The highest BCUT2D eigenvalue weighted by Gasteiger charge is 2.29. The Hall–Kier alpha value is -3.13. The first kappa shape index (κ1) is 22.1. The molecule has 2 aromatic heterocycles. The molecule has 1 unspecified atom stereocenters. The van der Waals surface area contributed by atoms with Crippen LogP contribution < -0.4 is 5.32 Å². The molecule has 0 saturated heterocycles. The van der Waals surface area contributed by atoms with E-state index >= 15 is 0 Å². The largest absolute Gasteiger partial charge is 0.462 e. The Kier molecular flexibility index (Phi) is 6.60. The molecule has 1 aliphatic carbocycles. The van der Waals surface area contributed by atoms with E-state index in [1.165, 1.54) is 11.3 Å². The minimum Gasteiger partial charge on any atom is -0.462 e. The third kappa shape index (κ3) is 4.70. The number of aromatic amines is 1. The maximum atomic E-state index is 12.6. The van der Waals surface area contributed by atoms with E-state index in [-0.39, 0.29) is 13.0 Å². The predicted octanol–water partition coefficient (Wildman–Crippen LogP) is 4.26. The average molecular weight is 455 g/mol. The normalized spacial score (nSPS) is 15.2. The smallest absolute Gasteiger partial charge is 0.341 e. The van der Waals surface area contributed by atoms with Gasteiger partial charge in [-0.15, -0.1) is 11.3 Å². The van der Waals surface area contributed by atoms with E-state index < -0.39 is 24.5 Å². The van der Waals surface area contributed by atoms with Crippen LogP contribution in [0.15, 0.2) is 30.5 Å². The van der Waals surface area contributed by atoms with Crippen molar-refractivity contribution in [2.24, 2.45) is 5.92 Å². The highest BCUT2D eigenvalue weighted by Crippen LogP contribution is 2.40. The number of carbonyl (C=O) groups excluding carboxylic acids is 3. The second kappa shape index (κ2) is 9.56. The van der Waals surface area contributed by atoms with E-state index in [1.54, 1.807) is 13.1 Å². The molecule has 0 fully saturated rings. The molecular weight excluding hydrogens is 428 g/mol. The van der Waals surface area contributed by atoms with Gasteiger partial charge in [-0.25, -0.2) is 4.79 Å². The van der Waals surface area contributed by atoms with Crippen LogP contribution in [0.1, 0.15) is 46.6 Å². The molecule has 0 bridgehead atoms. The molecule has 0 radical (unpaired) electrons. The Morgan fingerprint density at radius 2 is 2.03 bits per heavy atom. The zero-order valence-corrected chi connectivity index (χ0v) is 19.0. The van der Waals surface area contributed by atoms with Crippen molar-refractivity contribution in [1.29, 1.82) is 0 Å². The number of rotatable bonds is 7. The number of thiophene rings is 1. The number of amides is 1. The molecule has 2 N–H and O–H groups in total. The summed E-state index contributed by atoms with van der Waals surface area (Å²) in [6, 6.07) is 7.68. The van der Waals surface area contributed by atoms with Crippen LogP contribution in [0.5, 0.6) is 0 Å². The second-order valence-corrected chi connectivity index (χ2v) is 9.13. The molecule has 1 atom stereocenters. The molecule has 4 rings (SSSR count). The van der Waals surface area contributed by atoms with Gasteiger partial charge in [0, 0.05) is 22.0 Å². The zero-order valence-electron chi connectivity index (χ0n) is 18.2. The topological polar surface area (TPSA) is 97.5 Å². The van der Waals surface area contributed by atoms with Crippen LogP contribution >= 0.6 is 11.3 Å². The molecule has 1 aliphatic rings. The Labute approximate surface area is 190 Å². The van der Waals surface area contributed by atoms with Crippen molar-refractivity contribution in [3.05, 3.63) is 52.0 Å². The van der Waals surface area contributed by atoms with Crippen molar-refractivity contribution in [1.82, 2.24) is 4.98 Å². The number of esters is 2. The molecule has 2 heterocycles. The number of fused-ring (bicyclic) bond motifs is 2. The quantitative estimate of drug-likeness (QED) is 0.520. The number of carbonyl (C=O) groups is 3. The average Bonchev–Trinajstić information content (AvgIpc) is 3.33. The Morgan fingerprint density at radius 3 is 2.84 bits per heavy atom. The van der Waals surface area contributed by atoms with Crippen LogP contribution in [-0.2, 0) is 38.3 Å². The van der Waals surface area contributed by atoms with Gasteiger partial charge in [0.05, 0.1) is 18.6 Å². The minimum absolute atomic E-state index is 0.0660. The van der Waals surface area contributed by atoms with E-state index in [0.29, 0.717) is 16.5 Å². The summed E-state index contributed by atoms with van der Waals surface area (Å²) in [5.41, 5.74) is 3.17. The van der Waals surface area contributed by atoms with Crippen LogP contribution in [0.25, 0.3) is 10.9 Å². The molecule has 0 saturated carbocycles. The fourth-order valence-corrected chi connectivity index (χ4v) is 5.47. The summed E-state index contributed by atoms with van der Waals surface area (Å²) in [7, 11) is 0. The number of hydrogen-bond donors (Lipinski definition) is 2. The monoisotopic (exact) mass is 454 g/mol. The van der Waals surface area contributed by atoms with Crippen LogP contribution in [0, 0.1) is 5.92 Å². The molecule has 1 aromatic carbocycles. The van der Waals surface area contributed by atoms with Crippen molar-refractivity contribution in [3.8, 4) is 0 Å². The third-order valence-corrected chi connectivity index (χ3v) is 6.79. The van der Waals surface area contributed by atoms with Crippen LogP contribution in [0.3, 0.4) is 0 Å². The van der Waals surface area contributed by atoms with Gasteiger partial charge in [0.1, 0.15) is 5.00 Å². The third-order valence-electron chi connectivity index (χ3n) is 5.62. The van der Waals surface area contributed by atoms with Crippen molar-refractivity contribution < 1.29 is 23.9 Å². The fraction of sp³-hybridized carbons (Fsp3) is 0.375. The summed E-state index contributed by atoms with van der Waals surface area (Å²) in [6.07, 6.45) is 4.50. The summed E-state index contributed by atoms with van der Waals surface area (Å²) >= 11 is 1.41. The van der Waals surface area contributed by atoms with Crippen LogP contribution in [0.2, 0.25) is 0 Å². The maximum Gasteiger partial charge on any atom is 0.341 e. The summed E-state index contributed by atoms with van der Waals surface area (Å²) in [5.74, 6) is -0.860. The number of anilines is 1. The number of H-pyrrole nitrogens is 1. The van der Waals surface area contributed by atoms with E-state index in [9.17, 15) is 14.4 Å². The van der Waals surface area contributed by atoms with Crippen LogP contribution in [-0.4, -0.2) is 36.0 Å². The van der Waals surface area contributed by atoms with E-state index in [2.05, 4.69) is 17.2 Å². The summed E-state index contributed by atoms with van der Waals surface area (Å²) < 4.78 is 10.4. The molecule has 168 valence electrons. The van der Waals surface area contributed by atoms with Crippen molar-refractivity contribution >= 4 is 45.1 Å². The Morgan fingerprint density at radius 1 is 1.22 bits per heavy atom. The lowest BCUT2D eigenvalue weighted by atomic mass is 9.88. The van der Waals surface area contributed by atoms with Gasteiger partial charge >= 0.3 is 11.9 Å². The van der Waals surface area contributed by atoms with E-state index in [0.717, 1.165) is 46.2 Å². The number of para-hydroxylation sites is 1. The lowest BCUT2D eigenvalue weighted by Crippen LogP contribution is -2.22. The van der Waals surface area contributed by atoms with Crippen molar-refractivity contribution in [2.75, 3.05) is 18.5 Å². The van der Waals surface area contributed by atoms with E-state index in [4.69, 9.17) is 9.47 Å². The first-order valence-corrected chi connectivity index (χ1v) is 11.6. The number of nitrogens with one attached hydrogen (secondary N) is 2. The minimum atomic E-state index is -0.491. The molecule has 1 amide bonds. The molecule has 7 nitrogen and oxygen atoms in total. The zero-order chi connectivity index (χ0) is 22.7. The number of aromatic nitrogens is 1. The number of hydrogen-bond acceptors (Lipinski definition) is 6. The van der Waals surface area contributed by atoms with Crippen molar-refractivity contribution in [3.63, 3.8) is 0 Å². The molecule has 8 heteroatoms. The van der Waals surface area contributed by atoms with Gasteiger partial charge in [-0.05, 0) is 49.3 Å². The Balaban J connectivity index is 1.40. The van der Waals surface area contributed by atoms with Gasteiger partial charge in [0.25, 0.3) is 5.91 Å². The summed E-state index contributed by atoms with van der Waals surface area (Å²) in [4.78, 5) is 41.6. The second-order valence-electron chi connectivity index (χ2n) is 8.02. The first-order valence-electron chi connectivity index (χ1n) is 10.8. The molecule has 3 aromatic rings. The van der Waals surface area contributed by atoms with Gasteiger partial charge in [-0.2, -0.15) is 0 Å². The SMILES string of the molecule is CCOC(=O)c1c(NC(=O)COC(=O)Cc2c[nH]c3ccccc23)sc2c1CCC(C)C2. The molecular formula is C24H26N2O5S. The predicted molar refractivity (Wildman–Crippen MR) is 123 cm³/mol. The summed E-state index contributed by atoms with van der Waals surface area (Å²) in [6.45, 7) is 3.78. The molecule has 0 spiro atoms. The Bertz CT molecular complexity index is 1160. The number of ether oxygens (including phenoxy) is 2. The maximum absolute atomic E-state index is 12.6. The number of benzene rings is 1. The van der Waals surface area contributed by atoms with Gasteiger partial charge in [0.15, 0.2) is 6.61 Å². The highest BCUT2D eigenvalue weighted by molar-refractivity contribution is 7.17. The summed E-state index contributed by atoms with van der Waals surface area (Å²) in [5, 5.41) is 4.18. The molecule has 0 aliphatic heterocycles. The lowest BCUT2D eigenvalue weighted by Gasteiger charge is -2.18. The van der Waals surface area contributed by atoms with E-state index in [1.807, 2.05) is 24.3 Å². The highest BCUT2D eigenvalue weighted by atomic mass is 32.1. The fourth-order valence-electron chi connectivity index (χ4n) is 4.05. The van der Waals surface area contributed by atoms with Crippen molar-refractivity contribution in [2.45, 2.75) is 39.5 Å². The van der Waals surface area contributed by atoms with Gasteiger partial charge < -0.3 is 19.8 Å². The lowest BCUT2D eigenvalue weighted by molar-refractivity contribution is -0.146. The van der Waals surface area contributed by atoms with Gasteiger partial charge in [-0.1, -0.05) is 25.1 Å². The first-order chi connectivity index (χ1) is 15.5. The van der Waals surface area contributed by atoms with Gasteiger partial charge in [-0.3, -0.25) is 9.59 Å². The standard InChI is InChI=1S/C24H26N2O5S/c1-3-30-24(29)22-17-9-8-14(2)10-19(17)32-23(22)26-20(27)13-31-21(28)11-15-12-25-18-7-5-4-6-16(15)18/h4-7,12,14,25H,3,8-11,13H2,1-2H3,(H,26,27). The van der Waals surface area contributed by atoms with Gasteiger partial charge in [0.2, 0.25) is 0 Å². The molecule has 32 heavy (non-hydrogen) atoms.